The highest BCUT2D eigenvalue weighted by Crippen LogP contribution is 2.23. The van der Waals surface area contributed by atoms with Crippen LogP contribution in [0.4, 0.5) is 0 Å². The fraction of sp³-hybridized carbons (Fsp3) is 0.444. The fourth-order valence-corrected chi connectivity index (χ4v) is 5.79. The van der Waals surface area contributed by atoms with Crippen LogP contribution < -0.4 is 0 Å². The number of hydrogen-bond donors (Lipinski definition) is 0. The second-order valence-corrected chi connectivity index (χ2v) is 12.4. The van der Waals surface area contributed by atoms with Gasteiger partial charge in [-0.1, -0.05) is 69.2 Å². The Balaban J connectivity index is 0.913. The van der Waals surface area contributed by atoms with Gasteiger partial charge in [0.15, 0.2) is 0 Å². The number of carbonyl (C=O) groups excluding carboxylic acids is 4. The van der Waals surface area contributed by atoms with Gasteiger partial charge in [-0.3, -0.25) is 0 Å². The lowest BCUT2D eigenvalue weighted by Gasteiger charge is -2.11. The minimum Gasteiger partial charge on any atom is -0.460 e. The van der Waals surface area contributed by atoms with Gasteiger partial charge in [0.1, 0.15) is 26.4 Å². The van der Waals surface area contributed by atoms with E-state index in [1.54, 1.807) is 48.5 Å². The molecule has 12 bridgehead atoms. The van der Waals surface area contributed by atoms with Crippen molar-refractivity contribution in [2.24, 2.45) is 20.6 Å². The summed E-state index contributed by atoms with van der Waals surface area (Å²) in [4.78, 5) is 71.4. The minimum atomic E-state index is -0.899. The van der Waals surface area contributed by atoms with E-state index in [0.29, 0.717) is 22.8 Å². The summed E-state index contributed by atoms with van der Waals surface area (Å²) in [5, 5.41) is 16.2. The normalized spacial score (nSPS) is 25.8. The molecule has 18 heteroatoms. The van der Waals surface area contributed by atoms with Crippen molar-refractivity contribution < 1.29 is 66.9 Å². The van der Waals surface area contributed by atoms with Gasteiger partial charge in [-0.15, -0.1) is 0 Å². The molecule has 0 saturated carbocycles. The topological polar surface area (TPSA) is 210 Å². The molecule has 0 saturated heterocycles. The van der Waals surface area contributed by atoms with Gasteiger partial charge >= 0.3 is 23.9 Å². The van der Waals surface area contributed by atoms with Gasteiger partial charge in [-0.05, 0) is 22.3 Å². The zero-order chi connectivity index (χ0) is 37.3. The zero-order valence-electron chi connectivity index (χ0n) is 28.9. The number of benzene rings is 2. The molecule has 0 unspecified atom stereocenters. The van der Waals surface area contributed by atoms with Gasteiger partial charge in [-0.2, -0.15) is 0 Å². The van der Waals surface area contributed by atoms with E-state index >= 15 is 0 Å². The predicted molar refractivity (Wildman–Crippen MR) is 182 cm³/mol. The van der Waals surface area contributed by atoms with Crippen LogP contribution in [0.25, 0.3) is 0 Å². The van der Waals surface area contributed by atoms with E-state index in [0.717, 1.165) is 22.3 Å². The van der Waals surface area contributed by atoms with Gasteiger partial charge in [0, 0.05) is 25.7 Å². The highest BCUT2D eigenvalue weighted by atomic mass is 16.7. The lowest BCUT2D eigenvalue weighted by Crippen LogP contribution is -2.26. The third kappa shape index (κ3) is 9.00. The third-order valence-corrected chi connectivity index (χ3v) is 8.72. The molecular formula is C36H36N4O14. The van der Waals surface area contributed by atoms with Crippen molar-refractivity contribution in [3.8, 4) is 0 Å². The Hall–Kier alpha value is -5.88. The highest BCUT2D eigenvalue weighted by molar-refractivity contribution is 6.07. The summed E-state index contributed by atoms with van der Waals surface area (Å²) in [6, 6.07) is 14.4. The molecule has 10 rings (SSSR count). The molecule has 8 aliphatic rings. The lowest BCUT2D eigenvalue weighted by molar-refractivity contribution is -0.160. The largest absolute Gasteiger partial charge is 0.460 e. The Morgan fingerprint density at radius 3 is 0.796 bits per heavy atom. The maximum atomic E-state index is 12.5. The summed E-state index contributed by atoms with van der Waals surface area (Å²) in [5.41, 5.74) is 5.24. The van der Waals surface area contributed by atoms with Crippen molar-refractivity contribution in [3.63, 3.8) is 0 Å². The Kier molecular flexibility index (Phi) is 11.7. The zero-order valence-corrected chi connectivity index (χ0v) is 28.9. The molecule has 2 aromatic rings. The maximum absolute atomic E-state index is 12.5. The van der Waals surface area contributed by atoms with Gasteiger partial charge in [0.05, 0.1) is 49.3 Å². The van der Waals surface area contributed by atoms with Crippen molar-refractivity contribution in [1.29, 1.82) is 0 Å². The summed E-state index contributed by atoms with van der Waals surface area (Å²) in [6.45, 7) is 0.209. The van der Waals surface area contributed by atoms with E-state index in [4.69, 9.17) is 47.8 Å². The van der Waals surface area contributed by atoms with Crippen LogP contribution in [0.2, 0.25) is 0 Å². The minimum absolute atomic E-state index is 0.0294. The van der Waals surface area contributed by atoms with Crippen molar-refractivity contribution in [2.75, 3.05) is 52.9 Å². The van der Waals surface area contributed by atoms with Crippen LogP contribution in [0.15, 0.2) is 69.2 Å². The summed E-state index contributed by atoms with van der Waals surface area (Å²) >= 11 is 0. The van der Waals surface area contributed by atoms with Crippen molar-refractivity contribution in [3.05, 3.63) is 70.8 Å². The quantitative estimate of drug-likeness (QED) is 0.277. The van der Waals surface area contributed by atoms with Crippen LogP contribution in [-0.4, -0.2) is 124 Å². The fourth-order valence-electron chi connectivity index (χ4n) is 5.79. The van der Waals surface area contributed by atoms with Gasteiger partial charge in [0.25, 0.3) is 0 Å². The molecule has 0 aromatic heterocycles. The summed E-state index contributed by atoms with van der Waals surface area (Å²) < 4.78 is 31.9. The summed E-state index contributed by atoms with van der Waals surface area (Å²) in [6.07, 6.45) is -2.73. The van der Waals surface area contributed by atoms with Gasteiger partial charge < -0.3 is 47.8 Å². The first-order chi connectivity index (χ1) is 26.4. The van der Waals surface area contributed by atoms with E-state index in [-0.39, 0.29) is 78.5 Å². The van der Waals surface area contributed by atoms with E-state index < -0.39 is 48.3 Å². The van der Waals surface area contributed by atoms with E-state index in [1.165, 1.54) is 0 Å². The number of hydrogen-bond acceptors (Lipinski definition) is 18. The molecule has 0 N–H and O–H groups in total. The molecule has 0 spiro atoms. The monoisotopic (exact) mass is 748 g/mol. The van der Waals surface area contributed by atoms with E-state index in [1.807, 2.05) is 0 Å². The van der Waals surface area contributed by atoms with Crippen LogP contribution in [0, 0.1) is 0 Å². The molecule has 0 fully saturated rings. The van der Waals surface area contributed by atoms with E-state index in [9.17, 15) is 19.2 Å². The number of carbonyl (C=O) groups is 4. The van der Waals surface area contributed by atoms with Crippen molar-refractivity contribution >= 4 is 46.7 Å². The second-order valence-electron chi connectivity index (χ2n) is 12.4. The number of oxime groups is 4. The second kappa shape index (κ2) is 17.3. The first kappa shape index (κ1) is 36.5. The van der Waals surface area contributed by atoms with E-state index in [2.05, 4.69) is 20.6 Å². The van der Waals surface area contributed by atoms with Crippen LogP contribution in [0.1, 0.15) is 47.9 Å². The average Bonchev–Trinajstić information content (AvgIpc) is 4.04. The molecule has 0 aliphatic carbocycles. The van der Waals surface area contributed by atoms with Crippen LogP contribution in [0.3, 0.4) is 0 Å². The summed E-state index contributed by atoms with van der Waals surface area (Å²) in [5.74, 6) is -2.33. The maximum Gasteiger partial charge on any atom is 0.350 e. The Morgan fingerprint density at radius 2 is 0.574 bits per heavy atom. The van der Waals surface area contributed by atoms with Crippen molar-refractivity contribution in [2.45, 2.75) is 50.1 Å². The summed E-state index contributed by atoms with van der Waals surface area (Å²) in [7, 11) is 0. The number of esters is 4. The molecule has 0 radical (unpaired) electrons. The van der Waals surface area contributed by atoms with Gasteiger partial charge in [0.2, 0.25) is 24.4 Å². The van der Waals surface area contributed by atoms with Gasteiger partial charge in [-0.25, -0.2) is 19.2 Å². The smallest absolute Gasteiger partial charge is 0.350 e. The SMILES string of the molecule is O=C1OCCOCCOC(=O)[C@H]2CC(=NO2)c2ccc(cc2)C2=NO[C@H](C2)C(=O)OCCOCCOC(=O)[C@H]2CC(=NO2)c2ccc(cc2)C2=NO[C@@H]1C2. The molecule has 18 nitrogen and oxygen atoms in total. The average molecular weight is 749 g/mol. The number of nitrogens with zero attached hydrogens (tertiary/aromatic N) is 4. The highest BCUT2D eigenvalue weighted by Gasteiger charge is 2.34. The Morgan fingerprint density at radius 1 is 0.352 bits per heavy atom. The van der Waals surface area contributed by atoms with Crippen molar-refractivity contribution in [1.82, 2.24) is 0 Å². The Labute approximate surface area is 307 Å². The number of rotatable bonds is 0. The van der Waals surface area contributed by atoms with Crippen LogP contribution >= 0.6 is 0 Å². The molecule has 4 atom stereocenters. The molecule has 8 aliphatic heterocycles. The molecule has 8 heterocycles. The number of ether oxygens (including phenoxy) is 6. The first-order valence-corrected chi connectivity index (χ1v) is 17.4. The molecular weight excluding hydrogens is 712 g/mol. The predicted octanol–water partition coefficient (Wildman–Crippen LogP) is 1.58. The molecule has 54 heavy (non-hydrogen) atoms. The van der Waals surface area contributed by atoms with Crippen LogP contribution in [0.5, 0.6) is 0 Å². The van der Waals surface area contributed by atoms with Crippen LogP contribution in [-0.2, 0) is 66.9 Å². The standard InChI is InChI=1S/C36H36N4O14/c41-33-29-17-25(37-51-29)21-1-2-22(4-3-21)26-18-30(52-38-26)34(42)48-14-10-46-12-16-50-36(44)32-20-28(40-54-32)24-7-5-23(6-8-24)27-19-31(53-39-27)35(43)49-15-11-45-9-13-47-33/h1-8,29-32H,9-20H2/t29-,30-,31-,32-/m1/s1. The first-order valence-electron chi connectivity index (χ1n) is 17.4. The third-order valence-electron chi connectivity index (χ3n) is 8.72. The lowest BCUT2D eigenvalue weighted by atomic mass is 10.00. The Bertz CT molecular complexity index is 1580. The molecule has 284 valence electrons. The molecule has 2 aromatic carbocycles. The molecule has 0 amide bonds.